The first-order valence-corrected chi connectivity index (χ1v) is 7.98. The van der Waals surface area contributed by atoms with E-state index in [4.69, 9.17) is 14.7 Å². The first-order chi connectivity index (χ1) is 10.6. The number of aromatic nitrogens is 1. The van der Waals surface area contributed by atoms with E-state index >= 15 is 0 Å². The summed E-state index contributed by atoms with van der Waals surface area (Å²) >= 11 is 0. The minimum absolute atomic E-state index is 0.0230. The zero-order chi connectivity index (χ0) is 15.6. The molecule has 118 valence electrons. The van der Waals surface area contributed by atoms with Crippen molar-refractivity contribution in [2.24, 2.45) is 0 Å². The van der Waals surface area contributed by atoms with Crippen LogP contribution in [0.3, 0.4) is 0 Å². The third-order valence-corrected chi connectivity index (χ3v) is 4.76. The fourth-order valence-electron chi connectivity index (χ4n) is 3.53. The molecule has 2 aliphatic rings. The summed E-state index contributed by atoms with van der Waals surface area (Å²) in [6.07, 6.45) is 3.94. The van der Waals surface area contributed by atoms with Crippen LogP contribution in [0, 0.1) is 25.2 Å². The molecule has 2 saturated heterocycles. The van der Waals surface area contributed by atoms with Crippen molar-refractivity contribution in [3.05, 3.63) is 22.9 Å². The Labute approximate surface area is 131 Å². The van der Waals surface area contributed by atoms with Crippen molar-refractivity contribution < 1.29 is 9.47 Å². The van der Waals surface area contributed by atoms with Gasteiger partial charge in [-0.2, -0.15) is 5.26 Å². The summed E-state index contributed by atoms with van der Waals surface area (Å²) in [5.74, 6) is 0.864. The molecule has 1 spiro atoms. The molecule has 0 saturated carbocycles. The van der Waals surface area contributed by atoms with Crippen LogP contribution >= 0.6 is 0 Å². The van der Waals surface area contributed by atoms with Gasteiger partial charge in [-0.15, -0.1) is 0 Å². The molecule has 2 fully saturated rings. The van der Waals surface area contributed by atoms with Gasteiger partial charge in [0.15, 0.2) is 0 Å². The average Bonchev–Trinajstić information content (AvgIpc) is 2.48. The summed E-state index contributed by atoms with van der Waals surface area (Å²) in [6.45, 7) is 6.22. The highest BCUT2D eigenvalue weighted by atomic mass is 16.5. The maximum absolute atomic E-state index is 9.14. The molecule has 3 rings (SSSR count). The lowest BCUT2D eigenvalue weighted by molar-refractivity contribution is -0.135. The normalized spacial score (nSPS) is 24.0. The van der Waals surface area contributed by atoms with E-state index in [0.29, 0.717) is 11.6 Å². The minimum Gasteiger partial charge on any atom is -0.381 e. The third-order valence-electron chi connectivity index (χ3n) is 4.76. The first-order valence-electron chi connectivity index (χ1n) is 7.98. The van der Waals surface area contributed by atoms with Gasteiger partial charge in [0.25, 0.3) is 0 Å². The predicted molar refractivity (Wildman–Crippen MR) is 83.8 cm³/mol. The summed E-state index contributed by atoms with van der Waals surface area (Å²) in [4.78, 5) is 4.53. The van der Waals surface area contributed by atoms with E-state index in [1.54, 1.807) is 0 Å². The molecule has 1 aromatic rings. The molecule has 5 heteroatoms. The molecular weight excluding hydrogens is 278 g/mol. The van der Waals surface area contributed by atoms with E-state index in [1.807, 2.05) is 19.9 Å². The standard InChI is InChI=1S/C17H23N3O2/c1-12-9-16(19-13(2)15(12)11-18)20-14-3-6-22-17(10-14)4-7-21-8-5-17/h9,14H,3-8,10H2,1-2H3,(H,19,20). The predicted octanol–water partition coefficient (Wildman–Crippen LogP) is 2.71. The van der Waals surface area contributed by atoms with Gasteiger partial charge in [0, 0.05) is 25.9 Å². The maximum atomic E-state index is 9.14. The number of nitrogens with zero attached hydrogens (tertiary/aromatic N) is 2. The van der Waals surface area contributed by atoms with Crippen LogP contribution in [0.25, 0.3) is 0 Å². The number of pyridine rings is 1. The van der Waals surface area contributed by atoms with Crippen molar-refractivity contribution >= 4 is 5.82 Å². The topological polar surface area (TPSA) is 67.2 Å². The van der Waals surface area contributed by atoms with Crippen LogP contribution in [0.2, 0.25) is 0 Å². The van der Waals surface area contributed by atoms with E-state index in [9.17, 15) is 0 Å². The molecular formula is C17H23N3O2. The number of rotatable bonds is 2. The number of nitrogens with one attached hydrogen (secondary N) is 1. The number of nitriles is 1. The van der Waals surface area contributed by atoms with Crippen molar-refractivity contribution in [3.63, 3.8) is 0 Å². The van der Waals surface area contributed by atoms with Crippen molar-refractivity contribution in [2.45, 2.75) is 51.2 Å². The summed E-state index contributed by atoms with van der Waals surface area (Å²) in [5, 5.41) is 12.7. The molecule has 2 aliphatic heterocycles. The average molecular weight is 301 g/mol. The van der Waals surface area contributed by atoms with Gasteiger partial charge < -0.3 is 14.8 Å². The fraction of sp³-hybridized carbons (Fsp3) is 0.647. The van der Waals surface area contributed by atoms with Crippen LogP contribution in [-0.4, -0.2) is 36.4 Å². The second-order valence-corrected chi connectivity index (χ2v) is 6.37. The summed E-state index contributed by atoms with van der Waals surface area (Å²) < 4.78 is 11.5. The quantitative estimate of drug-likeness (QED) is 0.909. The Morgan fingerprint density at radius 3 is 2.77 bits per heavy atom. The summed E-state index contributed by atoms with van der Waals surface area (Å²) in [6, 6.07) is 4.55. The van der Waals surface area contributed by atoms with Gasteiger partial charge in [0.05, 0.1) is 16.9 Å². The number of aryl methyl sites for hydroxylation is 2. The molecule has 0 amide bonds. The van der Waals surface area contributed by atoms with Gasteiger partial charge in [0.2, 0.25) is 0 Å². The van der Waals surface area contributed by atoms with Gasteiger partial charge in [-0.05, 0) is 51.2 Å². The van der Waals surface area contributed by atoms with Gasteiger partial charge in [-0.1, -0.05) is 0 Å². The van der Waals surface area contributed by atoms with Crippen LogP contribution in [-0.2, 0) is 9.47 Å². The maximum Gasteiger partial charge on any atom is 0.126 e. The lowest BCUT2D eigenvalue weighted by atomic mass is 9.84. The highest BCUT2D eigenvalue weighted by Crippen LogP contribution is 2.35. The second-order valence-electron chi connectivity index (χ2n) is 6.37. The van der Waals surface area contributed by atoms with Crippen LogP contribution in [0.4, 0.5) is 5.82 Å². The first kappa shape index (κ1) is 15.3. The number of hydrogen-bond donors (Lipinski definition) is 1. The highest BCUT2D eigenvalue weighted by Gasteiger charge is 2.39. The van der Waals surface area contributed by atoms with Crippen LogP contribution in [0.1, 0.15) is 42.5 Å². The Morgan fingerprint density at radius 2 is 2.09 bits per heavy atom. The lowest BCUT2D eigenvalue weighted by Gasteiger charge is -2.43. The van der Waals surface area contributed by atoms with E-state index < -0.39 is 0 Å². The second kappa shape index (κ2) is 6.23. The van der Waals surface area contributed by atoms with Gasteiger partial charge in [-0.3, -0.25) is 0 Å². The molecule has 1 N–H and O–H groups in total. The Hall–Kier alpha value is -1.64. The monoisotopic (exact) mass is 301 g/mol. The van der Waals surface area contributed by atoms with Gasteiger partial charge in [-0.25, -0.2) is 4.98 Å². The Bertz CT molecular complexity index is 560. The van der Waals surface area contributed by atoms with E-state index in [0.717, 1.165) is 62.6 Å². The van der Waals surface area contributed by atoms with Crippen LogP contribution < -0.4 is 5.32 Å². The van der Waals surface area contributed by atoms with Crippen molar-refractivity contribution in [1.29, 1.82) is 5.26 Å². The molecule has 1 unspecified atom stereocenters. The molecule has 22 heavy (non-hydrogen) atoms. The fourth-order valence-corrected chi connectivity index (χ4v) is 3.53. The van der Waals surface area contributed by atoms with Gasteiger partial charge >= 0.3 is 0 Å². The Morgan fingerprint density at radius 1 is 1.32 bits per heavy atom. The van der Waals surface area contributed by atoms with Gasteiger partial charge in [0.1, 0.15) is 11.9 Å². The summed E-state index contributed by atoms with van der Waals surface area (Å²) in [5.41, 5.74) is 2.42. The summed E-state index contributed by atoms with van der Waals surface area (Å²) in [7, 11) is 0. The molecule has 1 atom stereocenters. The smallest absolute Gasteiger partial charge is 0.126 e. The molecule has 0 bridgehead atoms. The van der Waals surface area contributed by atoms with Crippen molar-refractivity contribution in [2.75, 3.05) is 25.1 Å². The van der Waals surface area contributed by atoms with Crippen molar-refractivity contribution in [1.82, 2.24) is 4.98 Å². The zero-order valence-corrected chi connectivity index (χ0v) is 13.3. The Kier molecular flexibility index (Phi) is 4.32. The number of hydrogen-bond acceptors (Lipinski definition) is 5. The molecule has 0 aromatic carbocycles. The zero-order valence-electron chi connectivity index (χ0n) is 13.3. The number of anilines is 1. The van der Waals surface area contributed by atoms with E-state index in [-0.39, 0.29) is 5.60 Å². The molecule has 5 nitrogen and oxygen atoms in total. The molecule has 0 aliphatic carbocycles. The Balaban J connectivity index is 1.72. The molecule has 1 aromatic heterocycles. The molecule has 3 heterocycles. The number of ether oxygens (including phenoxy) is 2. The van der Waals surface area contributed by atoms with Crippen LogP contribution in [0.5, 0.6) is 0 Å². The molecule has 0 radical (unpaired) electrons. The SMILES string of the molecule is Cc1cc(NC2CCOC3(CCOCC3)C2)nc(C)c1C#N. The van der Waals surface area contributed by atoms with Crippen LogP contribution in [0.15, 0.2) is 6.07 Å². The minimum atomic E-state index is -0.0230. The highest BCUT2D eigenvalue weighted by molar-refractivity contribution is 5.49. The lowest BCUT2D eigenvalue weighted by Crippen LogP contribution is -2.47. The third kappa shape index (κ3) is 3.08. The van der Waals surface area contributed by atoms with E-state index in [1.165, 1.54) is 0 Å². The largest absolute Gasteiger partial charge is 0.381 e. The van der Waals surface area contributed by atoms with Crippen molar-refractivity contribution in [3.8, 4) is 6.07 Å². The van der Waals surface area contributed by atoms with E-state index in [2.05, 4.69) is 16.4 Å².